The van der Waals surface area contributed by atoms with Crippen LogP contribution in [0.5, 0.6) is 0 Å². The third-order valence-electron chi connectivity index (χ3n) is 3.18. The molecule has 24 heavy (non-hydrogen) atoms. The van der Waals surface area contributed by atoms with Crippen molar-refractivity contribution < 1.29 is 37.7 Å². The predicted molar refractivity (Wildman–Crippen MR) is 77.0 cm³/mol. The number of carboxylic acid groups (broad SMARTS) is 1. The van der Waals surface area contributed by atoms with Gasteiger partial charge in [0.15, 0.2) is 0 Å². The van der Waals surface area contributed by atoms with E-state index in [1.165, 1.54) is 12.2 Å². The fourth-order valence-corrected chi connectivity index (χ4v) is 2.19. The summed E-state index contributed by atoms with van der Waals surface area (Å²) in [6, 6.07) is 0. The smallest absolute Gasteiger partial charge is 0.396 e. The van der Waals surface area contributed by atoms with Crippen LogP contribution in [0.15, 0.2) is 39.8 Å². The second kappa shape index (κ2) is 7.27. The van der Waals surface area contributed by atoms with Gasteiger partial charge in [0.2, 0.25) is 5.90 Å². The first kappa shape index (κ1) is 18.3. The van der Waals surface area contributed by atoms with E-state index in [9.17, 15) is 18.0 Å². The van der Waals surface area contributed by atoms with Crippen LogP contribution < -0.4 is 0 Å². The van der Waals surface area contributed by atoms with Crippen molar-refractivity contribution in [1.82, 2.24) is 0 Å². The molecule has 132 valence electrons. The van der Waals surface area contributed by atoms with Crippen LogP contribution in [0, 0.1) is 5.92 Å². The zero-order valence-electron chi connectivity index (χ0n) is 12.1. The van der Waals surface area contributed by atoms with Gasteiger partial charge in [-0.1, -0.05) is 11.6 Å². The molecule has 0 radical (unpaired) electrons. The van der Waals surface area contributed by atoms with Crippen LogP contribution >= 0.6 is 11.6 Å². The molecule has 0 spiro atoms. The molecular formula is C14H13ClF3NO5. The maximum atomic E-state index is 12.6. The summed E-state index contributed by atoms with van der Waals surface area (Å²) in [5, 5.41) is 17.4. The number of aliphatic carboxylic acids is 1. The summed E-state index contributed by atoms with van der Waals surface area (Å²) in [4.78, 5) is 14.2. The number of carboxylic acids is 1. The molecule has 2 unspecified atom stereocenters. The van der Waals surface area contributed by atoms with Crippen LogP contribution in [0.25, 0.3) is 0 Å². The highest BCUT2D eigenvalue weighted by Crippen LogP contribution is 2.32. The molecule has 0 amide bonds. The van der Waals surface area contributed by atoms with Gasteiger partial charge in [0, 0.05) is 12.8 Å². The van der Waals surface area contributed by atoms with Gasteiger partial charge in [-0.15, -0.1) is 0 Å². The number of hydrogen-bond acceptors (Lipinski definition) is 5. The van der Waals surface area contributed by atoms with E-state index >= 15 is 0 Å². The molecule has 0 aromatic heterocycles. The van der Waals surface area contributed by atoms with Crippen molar-refractivity contribution in [2.45, 2.75) is 25.3 Å². The van der Waals surface area contributed by atoms with Gasteiger partial charge >= 0.3 is 12.1 Å². The van der Waals surface area contributed by atoms with Gasteiger partial charge in [-0.3, -0.25) is 0 Å². The molecule has 6 nitrogen and oxygen atoms in total. The van der Waals surface area contributed by atoms with E-state index in [1.54, 1.807) is 0 Å². The number of allylic oxidation sites excluding steroid dienone is 4. The molecule has 2 N–H and O–H groups in total. The molecule has 1 heterocycles. The lowest BCUT2D eigenvalue weighted by Gasteiger charge is -2.22. The predicted octanol–water partition coefficient (Wildman–Crippen LogP) is 2.70. The normalized spacial score (nSPS) is 22.6. The Balaban J connectivity index is 1.97. The minimum atomic E-state index is -4.42. The fraction of sp³-hybridized carbons (Fsp3) is 0.429. The molecule has 0 saturated carbocycles. The van der Waals surface area contributed by atoms with Crippen molar-refractivity contribution in [1.29, 1.82) is 0 Å². The quantitative estimate of drug-likeness (QED) is 0.746. The summed E-state index contributed by atoms with van der Waals surface area (Å²) in [7, 11) is 0. The Labute approximate surface area is 139 Å². The average molecular weight is 368 g/mol. The van der Waals surface area contributed by atoms with E-state index in [2.05, 4.69) is 4.99 Å². The van der Waals surface area contributed by atoms with Crippen LogP contribution in [-0.4, -0.2) is 41.1 Å². The van der Waals surface area contributed by atoms with Crippen LogP contribution in [-0.2, 0) is 14.3 Å². The van der Waals surface area contributed by atoms with Gasteiger partial charge in [0.05, 0.1) is 17.5 Å². The number of halogens is 4. The van der Waals surface area contributed by atoms with Crippen LogP contribution in [0.4, 0.5) is 13.2 Å². The Morgan fingerprint density at radius 2 is 1.96 bits per heavy atom. The lowest BCUT2D eigenvalue weighted by atomic mass is 10.1. The van der Waals surface area contributed by atoms with E-state index in [0.29, 0.717) is 5.76 Å². The second-order valence-corrected chi connectivity index (χ2v) is 5.39. The molecule has 2 atom stereocenters. The first-order valence-electron chi connectivity index (χ1n) is 6.81. The summed E-state index contributed by atoms with van der Waals surface area (Å²) < 4.78 is 47.9. The SMILES string of the molecule is O=C(O)C(O)OC1=CC=C(OC2=NCC(C(F)(F)F)C=C2Cl)CC1. The summed E-state index contributed by atoms with van der Waals surface area (Å²) in [5.41, 5.74) is 0. The largest absolute Gasteiger partial charge is 0.477 e. The lowest BCUT2D eigenvalue weighted by Crippen LogP contribution is -2.28. The monoisotopic (exact) mass is 367 g/mol. The molecule has 2 aliphatic rings. The number of dihydropyridines is 1. The molecule has 1 aliphatic heterocycles. The molecule has 2 rings (SSSR count). The van der Waals surface area contributed by atoms with Gasteiger partial charge in [-0.05, 0) is 18.2 Å². The second-order valence-electron chi connectivity index (χ2n) is 4.99. The molecule has 0 bridgehead atoms. The molecule has 10 heteroatoms. The van der Waals surface area contributed by atoms with Crippen molar-refractivity contribution in [2.24, 2.45) is 10.9 Å². The highest BCUT2D eigenvalue weighted by Gasteiger charge is 2.40. The third-order valence-corrected chi connectivity index (χ3v) is 3.47. The molecule has 0 saturated heterocycles. The highest BCUT2D eigenvalue weighted by atomic mass is 35.5. The standard InChI is InChI=1S/C14H13ClF3NO5/c15-10-5-7(14(16,17)18)6-19-11(10)23-8-1-3-9(4-2-8)24-13(22)12(20)21/h1,3,5,7,13,22H,2,4,6H2,(H,20,21). The maximum absolute atomic E-state index is 12.6. The summed E-state index contributed by atoms with van der Waals surface area (Å²) in [6.07, 6.45) is -2.17. The molecular weight excluding hydrogens is 355 g/mol. The third kappa shape index (κ3) is 4.75. The highest BCUT2D eigenvalue weighted by molar-refractivity contribution is 6.42. The van der Waals surface area contributed by atoms with Crippen molar-refractivity contribution in [3.63, 3.8) is 0 Å². The zero-order chi connectivity index (χ0) is 17.9. The molecule has 1 aliphatic carbocycles. The summed E-state index contributed by atoms with van der Waals surface area (Å²) in [5.74, 6) is -2.75. The topological polar surface area (TPSA) is 88.4 Å². The Kier molecular flexibility index (Phi) is 5.55. The number of hydrogen-bond donors (Lipinski definition) is 2. The minimum absolute atomic E-state index is 0.105. The summed E-state index contributed by atoms with van der Waals surface area (Å²) >= 11 is 5.77. The first-order chi connectivity index (χ1) is 11.2. The average Bonchev–Trinajstić information content (AvgIpc) is 2.50. The number of carbonyl (C=O) groups is 1. The number of ether oxygens (including phenoxy) is 2. The van der Waals surface area contributed by atoms with Gasteiger partial charge in [-0.2, -0.15) is 13.2 Å². The van der Waals surface area contributed by atoms with Crippen molar-refractivity contribution in [3.05, 3.63) is 34.8 Å². The zero-order valence-corrected chi connectivity index (χ0v) is 12.8. The Morgan fingerprint density at radius 3 is 2.46 bits per heavy atom. The summed E-state index contributed by atoms with van der Waals surface area (Å²) in [6.45, 7) is -0.503. The van der Waals surface area contributed by atoms with E-state index < -0.39 is 30.9 Å². The van der Waals surface area contributed by atoms with E-state index in [1.807, 2.05) is 0 Å². The van der Waals surface area contributed by atoms with Crippen LogP contribution in [0.1, 0.15) is 12.8 Å². The van der Waals surface area contributed by atoms with Gasteiger partial charge in [-0.25, -0.2) is 9.79 Å². The maximum Gasteiger partial charge on any atom is 0.396 e. The van der Waals surface area contributed by atoms with Gasteiger partial charge in [0.25, 0.3) is 6.29 Å². The van der Waals surface area contributed by atoms with Crippen LogP contribution in [0.2, 0.25) is 0 Å². The number of aliphatic hydroxyl groups excluding tert-OH is 1. The Bertz CT molecular complexity index is 639. The lowest BCUT2D eigenvalue weighted by molar-refractivity contribution is -0.169. The first-order valence-corrected chi connectivity index (χ1v) is 7.18. The van der Waals surface area contributed by atoms with Gasteiger partial charge < -0.3 is 19.7 Å². The Hall–Kier alpha value is -2.00. The Morgan fingerprint density at radius 1 is 1.33 bits per heavy atom. The van der Waals surface area contributed by atoms with Crippen molar-refractivity contribution >= 4 is 23.5 Å². The van der Waals surface area contributed by atoms with Crippen LogP contribution in [0.3, 0.4) is 0 Å². The van der Waals surface area contributed by atoms with Crippen molar-refractivity contribution in [2.75, 3.05) is 6.54 Å². The number of nitrogens with zero attached hydrogens (tertiary/aromatic N) is 1. The van der Waals surface area contributed by atoms with Gasteiger partial charge in [0.1, 0.15) is 11.5 Å². The molecule has 0 aromatic carbocycles. The van der Waals surface area contributed by atoms with E-state index in [-0.39, 0.29) is 29.5 Å². The minimum Gasteiger partial charge on any atom is -0.477 e. The van der Waals surface area contributed by atoms with E-state index in [0.717, 1.165) is 6.08 Å². The number of rotatable bonds is 4. The van der Waals surface area contributed by atoms with E-state index in [4.69, 9.17) is 31.3 Å². The molecule has 0 aromatic rings. The fourth-order valence-electron chi connectivity index (χ4n) is 1.94. The number of aliphatic imine (C=N–C) groups is 1. The van der Waals surface area contributed by atoms with Crippen molar-refractivity contribution in [3.8, 4) is 0 Å². The molecule has 0 fully saturated rings. The number of aliphatic hydroxyl groups is 1. The number of alkyl halides is 3.